The van der Waals surface area contributed by atoms with Crippen molar-refractivity contribution in [2.45, 2.75) is 26.3 Å². The van der Waals surface area contributed by atoms with Crippen LogP contribution in [0.2, 0.25) is 0 Å². The Kier molecular flexibility index (Phi) is 3.22. The third-order valence-electron chi connectivity index (χ3n) is 3.28. The smallest absolute Gasteiger partial charge is 0.163 e. The van der Waals surface area contributed by atoms with Crippen LogP contribution in [0, 0.1) is 12.7 Å². The lowest BCUT2D eigenvalue weighted by molar-refractivity contribution is 0.627. The van der Waals surface area contributed by atoms with Crippen LogP contribution in [0.5, 0.6) is 0 Å². The molecule has 1 aromatic carbocycles. The summed E-state index contributed by atoms with van der Waals surface area (Å²) in [4.78, 5) is 4.55. The number of hydrogen-bond acceptors (Lipinski definition) is 2. The summed E-state index contributed by atoms with van der Waals surface area (Å²) >= 11 is 6.00. The fraction of sp³-hybridized carbons (Fsp3) is 0.286. The van der Waals surface area contributed by atoms with Crippen molar-refractivity contribution >= 4 is 22.8 Å². The summed E-state index contributed by atoms with van der Waals surface area (Å²) in [5.74, 6) is 0.753. The highest BCUT2D eigenvalue weighted by Gasteiger charge is 2.18. The molecule has 0 bridgehead atoms. The highest BCUT2D eigenvalue weighted by atomic mass is 35.5. The second kappa shape index (κ2) is 4.90. The van der Waals surface area contributed by atoms with E-state index in [2.05, 4.69) is 10.1 Å². The number of halogens is 2. The molecule has 2 aromatic heterocycles. The lowest BCUT2D eigenvalue weighted by Gasteiger charge is -2.09. The first-order valence-corrected chi connectivity index (χ1v) is 6.95. The number of aromatic nitrogens is 4. The Morgan fingerprint density at radius 3 is 2.55 bits per heavy atom. The largest absolute Gasteiger partial charge is 0.280 e. The minimum atomic E-state index is -0.266. The number of nitrogens with zero attached hydrogens (tertiary/aromatic N) is 4. The van der Waals surface area contributed by atoms with E-state index in [1.54, 1.807) is 12.1 Å². The number of hydrogen-bond donors (Lipinski definition) is 0. The Labute approximate surface area is 120 Å². The van der Waals surface area contributed by atoms with E-state index in [9.17, 15) is 4.39 Å². The van der Waals surface area contributed by atoms with Crippen LogP contribution in [0.15, 0.2) is 24.3 Å². The Morgan fingerprint density at radius 1 is 1.25 bits per heavy atom. The second-order valence-electron chi connectivity index (χ2n) is 4.55. The first kappa shape index (κ1) is 13.1. The molecule has 0 unspecified atom stereocenters. The van der Waals surface area contributed by atoms with E-state index in [0.717, 1.165) is 34.9 Å². The molecule has 3 rings (SSSR count). The van der Waals surface area contributed by atoms with E-state index < -0.39 is 0 Å². The molecule has 20 heavy (non-hydrogen) atoms. The summed E-state index contributed by atoms with van der Waals surface area (Å²) in [6.07, 6.45) is 0. The van der Waals surface area contributed by atoms with E-state index in [4.69, 9.17) is 11.6 Å². The summed E-state index contributed by atoms with van der Waals surface area (Å²) in [6.45, 7) is 4.68. The molecule has 4 nitrogen and oxygen atoms in total. The van der Waals surface area contributed by atoms with Crippen molar-refractivity contribution in [3.05, 3.63) is 41.6 Å². The number of alkyl halides is 1. The minimum absolute atomic E-state index is 0.266. The lowest BCUT2D eigenvalue weighted by Crippen LogP contribution is -2.06. The van der Waals surface area contributed by atoms with E-state index >= 15 is 0 Å². The van der Waals surface area contributed by atoms with Crippen LogP contribution in [0.4, 0.5) is 4.39 Å². The summed E-state index contributed by atoms with van der Waals surface area (Å²) in [5, 5.41) is 4.46. The van der Waals surface area contributed by atoms with Crippen molar-refractivity contribution in [1.82, 2.24) is 19.3 Å². The van der Waals surface area contributed by atoms with Gasteiger partial charge in [-0.2, -0.15) is 5.10 Å². The van der Waals surface area contributed by atoms with Crippen molar-refractivity contribution in [3.63, 3.8) is 0 Å². The van der Waals surface area contributed by atoms with Gasteiger partial charge >= 0.3 is 0 Å². The van der Waals surface area contributed by atoms with Gasteiger partial charge in [-0.15, -0.1) is 11.6 Å². The van der Waals surface area contributed by atoms with Gasteiger partial charge in [0.25, 0.3) is 0 Å². The molecular formula is C14H14ClFN4. The van der Waals surface area contributed by atoms with Gasteiger partial charge in [0.1, 0.15) is 17.2 Å². The van der Waals surface area contributed by atoms with E-state index in [0.29, 0.717) is 0 Å². The van der Waals surface area contributed by atoms with E-state index in [1.807, 2.05) is 23.1 Å². The third kappa shape index (κ3) is 1.89. The topological polar surface area (TPSA) is 35.6 Å². The van der Waals surface area contributed by atoms with E-state index in [1.165, 1.54) is 12.1 Å². The summed E-state index contributed by atoms with van der Waals surface area (Å²) in [7, 11) is 0. The summed E-state index contributed by atoms with van der Waals surface area (Å²) < 4.78 is 16.9. The minimum Gasteiger partial charge on any atom is -0.280 e. The van der Waals surface area contributed by atoms with Gasteiger partial charge in [0.05, 0.1) is 11.6 Å². The molecule has 104 valence electrons. The average Bonchev–Trinajstić information content (AvgIpc) is 2.97. The molecular weight excluding hydrogens is 279 g/mol. The number of rotatable bonds is 3. The fourth-order valence-electron chi connectivity index (χ4n) is 2.38. The molecule has 0 radical (unpaired) electrons. The lowest BCUT2D eigenvalue weighted by atomic mass is 10.3. The molecule has 0 saturated heterocycles. The van der Waals surface area contributed by atoms with Gasteiger partial charge < -0.3 is 0 Å². The molecule has 0 aliphatic rings. The van der Waals surface area contributed by atoms with Crippen molar-refractivity contribution in [2.75, 3.05) is 0 Å². The molecule has 0 fully saturated rings. The van der Waals surface area contributed by atoms with Gasteiger partial charge in [-0.3, -0.25) is 4.57 Å². The predicted octanol–water partition coefficient (Wildman–Crippen LogP) is 3.43. The zero-order valence-corrected chi connectivity index (χ0v) is 12.0. The first-order chi connectivity index (χ1) is 9.65. The quantitative estimate of drug-likeness (QED) is 0.693. The molecule has 0 aliphatic heterocycles. The molecule has 0 atom stereocenters. The molecule has 0 saturated carbocycles. The van der Waals surface area contributed by atoms with Gasteiger partial charge in [0, 0.05) is 12.2 Å². The maximum absolute atomic E-state index is 13.1. The SMILES string of the molecule is CCn1nc(C)c2nc(CCl)n(-c3ccc(F)cc3)c21. The number of aryl methyl sites for hydroxylation is 2. The molecule has 6 heteroatoms. The number of imidazole rings is 1. The first-order valence-electron chi connectivity index (χ1n) is 6.42. The zero-order chi connectivity index (χ0) is 14.3. The van der Waals surface area contributed by atoms with Crippen LogP contribution >= 0.6 is 11.6 Å². The monoisotopic (exact) mass is 292 g/mol. The fourth-order valence-corrected chi connectivity index (χ4v) is 2.56. The second-order valence-corrected chi connectivity index (χ2v) is 4.81. The van der Waals surface area contributed by atoms with Gasteiger partial charge in [-0.05, 0) is 38.1 Å². The van der Waals surface area contributed by atoms with Gasteiger partial charge in [0.2, 0.25) is 0 Å². The van der Waals surface area contributed by atoms with Crippen LogP contribution in [0.25, 0.3) is 16.9 Å². The third-order valence-corrected chi connectivity index (χ3v) is 3.52. The van der Waals surface area contributed by atoms with Gasteiger partial charge in [0.15, 0.2) is 5.65 Å². The van der Waals surface area contributed by atoms with Crippen molar-refractivity contribution in [2.24, 2.45) is 0 Å². The number of fused-ring (bicyclic) bond motifs is 1. The van der Waals surface area contributed by atoms with Crippen molar-refractivity contribution in [3.8, 4) is 5.69 Å². The maximum Gasteiger partial charge on any atom is 0.163 e. The Bertz CT molecular complexity index is 758. The Morgan fingerprint density at radius 2 is 1.95 bits per heavy atom. The summed E-state index contributed by atoms with van der Waals surface area (Å²) in [5.41, 5.74) is 3.44. The average molecular weight is 293 g/mol. The zero-order valence-electron chi connectivity index (χ0n) is 11.3. The molecule has 3 aromatic rings. The van der Waals surface area contributed by atoms with Crippen LogP contribution in [-0.2, 0) is 12.4 Å². The Balaban J connectivity index is 2.34. The summed E-state index contributed by atoms with van der Waals surface area (Å²) in [6, 6.07) is 6.29. The van der Waals surface area contributed by atoms with Crippen LogP contribution < -0.4 is 0 Å². The molecule has 2 heterocycles. The van der Waals surface area contributed by atoms with Crippen molar-refractivity contribution in [1.29, 1.82) is 0 Å². The normalized spacial score (nSPS) is 11.4. The Hall–Kier alpha value is -1.88. The number of benzene rings is 1. The maximum atomic E-state index is 13.1. The van der Waals surface area contributed by atoms with Crippen LogP contribution in [-0.4, -0.2) is 19.3 Å². The predicted molar refractivity (Wildman–Crippen MR) is 76.8 cm³/mol. The van der Waals surface area contributed by atoms with Crippen LogP contribution in [0.1, 0.15) is 18.4 Å². The van der Waals surface area contributed by atoms with Crippen molar-refractivity contribution < 1.29 is 4.39 Å². The standard InChI is InChI=1S/C14H14ClFN4/c1-3-19-14-13(9(2)18-19)17-12(8-15)20(14)11-6-4-10(16)5-7-11/h4-7H,3,8H2,1-2H3. The van der Waals surface area contributed by atoms with Crippen LogP contribution in [0.3, 0.4) is 0 Å². The van der Waals surface area contributed by atoms with Gasteiger partial charge in [-0.25, -0.2) is 14.1 Å². The van der Waals surface area contributed by atoms with E-state index in [-0.39, 0.29) is 11.7 Å². The molecule has 0 amide bonds. The highest BCUT2D eigenvalue weighted by molar-refractivity contribution is 6.17. The molecule has 0 N–H and O–H groups in total. The highest BCUT2D eigenvalue weighted by Crippen LogP contribution is 2.25. The molecule has 0 aliphatic carbocycles. The van der Waals surface area contributed by atoms with Gasteiger partial charge in [-0.1, -0.05) is 0 Å². The molecule has 0 spiro atoms.